The third-order valence-electron chi connectivity index (χ3n) is 2.43. The van der Waals surface area contributed by atoms with E-state index in [1.54, 1.807) is 25.1 Å². The van der Waals surface area contributed by atoms with E-state index in [1.807, 2.05) is 6.92 Å². The zero-order valence-electron chi connectivity index (χ0n) is 11.6. The van der Waals surface area contributed by atoms with Gasteiger partial charge in [-0.2, -0.15) is 0 Å². The van der Waals surface area contributed by atoms with Crippen LogP contribution in [0.3, 0.4) is 0 Å². The van der Waals surface area contributed by atoms with Crippen molar-refractivity contribution in [1.29, 1.82) is 0 Å². The number of ether oxygens (including phenoxy) is 2. The summed E-state index contributed by atoms with van der Waals surface area (Å²) in [7, 11) is 0. The van der Waals surface area contributed by atoms with Crippen LogP contribution in [-0.4, -0.2) is 31.7 Å². The van der Waals surface area contributed by atoms with Gasteiger partial charge in [-0.15, -0.1) is 0 Å². The topological polar surface area (TPSA) is 64.6 Å². The van der Waals surface area contributed by atoms with Crippen LogP contribution in [0.2, 0.25) is 0 Å². The highest BCUT2D eigenvalue weighted by Gasteiger charge is 2.11. The second-order valence-corrected chi connectivity index (χ2v) is 4.76. The maximum Gasteiger partial charge on any atom is 0.338 e. The van der Waals surface area contributed by atoms with E-state index in [9.17, 15) is 9.59 Å². The van der Waals surface area contributed by atoms with Crippen LogP contribution in [0.15, 0.2) is 22.7 Å². The number of anilines is 1. The molecule has 0 heterocycles. The molecule has 20 heavy (non-hydrogen) atoms. The van der Waals surface area contributed by atoms with Crippen LogP contribution in [0, 0.1) is 0 Å². The van der Waals surface area contributed by atoms with E-state index in [-0.39, 0.29) is 11.9 Å². The van der Waals surface area contributed by atoms with E-state index < -0.39 is 0 Å². The van der Waals surface area contributed by atoms with Gasteiger partial charge >= 0.3 is 5.97 Å². The van der Waals surface area contributed by atoms with Crippen LogP contribution in [0.1, 0.15) is 30.6 Å². The molecule has 0 bridgehead atoms. The van der Waals surface area contributed by atoms with Gasteiger partial charge in [-0.05, 0) is 48.0 Å². The molecule has 1 N–H and O–H groups in total. The second-order valence-electron chi connectivity index (χ2n) is 3.91. The normalized spacial score (nSPS) is 10.2. The van der Waals surface area contributed by atoms with Gasteiger partial charge in [-0.1, -0.05) is 0 Å². The van der Waals surface area contributed by atoms with Gasteiger partial charge < -0.3 is 14.8 Å². The molecule has 0 fully saturated rings. The number of carbonyl (C=O) groups is 2. The van der Waals surface area contributed by atoms with Crippen LogP contribution >= 0.6 is 15.9 Å². The average Bonchev–Trinajstić information content (AvgIpc) is 2.41. The molecular weight excluding hydrogens is 326 g/mol. The van der Waals surface area contributed by atoms with Gasteiger partial charge in [0.1, 0.15) is 0 Å². The Labute approximate surface area is 126 Å². The van der Waals surface area contributed by atoms with E-state index in [4.69, 9.17) is 9.47 Å². The van der Waals surface area contributed by atoms with Crippen LogP contribution in [-0.2, 0) is 14.3 Å². The minimum atomic E-state index is -0.387. The predicted molar refractivity (Wildman–Crippen MR) is 79.8 cm³/mol. The molecule has 110 valence electrons. The zero-order chi connectivity index (χ0) is 15.0. The van der Waals surface area contributed by atoms with E-state index in [0.29, 0.717) is 42.0 Å². The van der Waals surface area contributed by atoms with Gasteiger partial charge in [0.05, 0.1) is 30.9 Å². The SMILES string of the molecule is CCOCCC(=O)Nc1ccc(C(=O)OCC)cc1Br. The molecule has 0 unspecified atom stereocenters. The number of hydrogen-bond donors (Lipinski definition) is 1. The quantitative estimate of drug-likeness (QED) is 0.610. The number of benzene rings is 1. The minimum absolute atomic E-state index is 0.136. The monoisotopic (exact) mass is 343 g/mol. The fourth-order valence-electron chi connectivity index (χ4n) is 1.48. The maximum atomic E-state index is 11.7. The Hall–Kier alpha value is -1.40. The van der Waals surface area contributed by atoms with Crippen molar-refractivity contribution in [2.24, 2.45) is 0 Å². The first-order chi connectivity index (χ1) is 9.58. The standard InChI is InChI=1S/C14H18BrNO4/c1-3-19-8-7-13(17)16-12-6-5-10(9-11(12)15)14(18)20-4-2/h5-6,9H,3-4,7-8H2,1-2H3,(H,16,17). The molecule has 5 nitrogen and oxygen atoms in total. The van der Waals surface area contributed by atoms with Gasteiger partial charge in [0.25, 0.3) is 0 Å². The van der Waals surface area contributed by atoms with Crippen molar-refractivity contribution in [3.05, 3.63) is 28.2 Å². The Bertz CT molecular complexity index is 476. The molecule has 1 aromatic rings. The van der Waals surface area contributed by atoms with E-state index >= 15 is 0 Å². The van der Waals surface area contributed by atoms with Crippen molar-refractivity contribution in [2.45, 2.75) is 20.3 Å². The molecule has 1 amide bonds. The fraction of sp³-hybridized carbons (Fsp3) is 0.429. The Morgan fingerprint density at radius 3 is 2.60 bits per heavy atom. The number of rotatable bonds is 7. The number of halogens is 1. The number of esters is 1. The summed E-state index contributed by atoms with van der Waals surface area (Å²) in [4.78, 5) is 23.2. The average molecular weight is 344 g/mol. The van der Waals surface area contributed by atoms with E-state index in [1.165, 1.54) is 0 Å². The van der Waals surface area contributed by atoms with Gasteiger partial charge in [-0.25, -0.2) is 4.79 Å². The van der Waals surface area contributed by atoms with Crippen molar-refractivity contribution in [3.63, 3.8) is 0 Å². The molecule has 0 saturated heterocycles. The lowest BCUT2D eigenvalue weighted by Crippen LogP contribution is -2.14. The van der Waals surface area contributed by atoms with Gasteiger partial charge in [-0.3, -0.25) is 4.79 Å². The maximum absolute atomic E-state index is 11.7. The molecule has 0 spiro atoms. The molecule has 0 aliphatic heterocycles. The number of nitrogens with one attached hydrogen (secondary N) is 1. The molecule has 1 rings (SSSR count). The highest BCUT2D eigenvalue weighted by atomic mass is 79.9. The molecule has 1 aromatic carbocycles. The van der Waals surface area contributed by atoms with Crippen molar-refractivity contribution in [3.8, 4) is 0 Å². The fourth-order valence-corrected chi connectivity index (χ4v) is 1.96. The van der Waals surface area contributed by atoms with Crippen molar-refractivity contribution in [1.82, 2.24) is 0 Å². The summed E-state index contributed by atoms with van der Waals surface area (Å²) in [5.41, 5.74) is 1.05. The van der Waals surface area contributed by atoms with Gasteiger partial charge in [0, 0.05) is 11.1 Å². The molecule has 0 atom stereocenters. The van der Waals surface area contributed by atoms with Crippen LogP contribution in [0.4, 0.5) is 5.69 Å². The zero-order valence-corrected chi connectivity index (χ0v) is 13.2. The molecule has 0 saturated carbocycles. The summed E-state index contributed by atoms with van der Waals surface area (Å²) in [6.07, 6.45) is 0.292. The first kappa shape index (κ1) is 16.7. The molecule has 0 aromatic heterocycles. The number of carbonyl (C=O) groups excluding carboxylic acids is 2. The largest absolute Gasteiger partial charge is 0.462 e. The van der Waals surface area contributed by atoms with Gasteiger partial charge in [0.15, 0.2) is 0 Å². The van der Waals surface area contributed by atoms with Gasteiger partial charge in [0.2, 0.25) is 5.91 Å². The molecular formula is C14H18BrNO4. The van der Waals surface area contributed by atoms with Crippen LogP contribution < -0.4 is 5.32 Å². The van der Waals surface area contributed by atoms with Crippen molar-refractivity contribution < 1.29 is 19.1 Å². The number of amides is 1. The van der Waals surface area contributed by atoms with Crippen molar-refractivity contribution in [2.75, 3.05) is 25.1 Å². The van der Waals surface area contributed by atoms with E-state index in [2.05, 4.69) is 21.2 Å². The molecule has 0 aliphatic rings. The number of hydrogen-bond acceptors (Lipinski definition) is 4. The molecule has 0 radical (unpaired) electrons. The van der Waals surface area contributed by atoms with Crippen LogP contribution in [0.25, 0.3) is 0 Å². The summed E-state index contributed by atoms with van der Waals surface area (Å²) in [5.74, 6) is -0.523. The third-order valence-corrected chi connectivity index (χ3v) is 3.09. The summed E-state index contributed by atoms with van der Waals surface area (Å²) in [5, 5.41) is 2.75. The summed E-state index contributed by atoms with van der Waals surface area (Å²) >= 11 is 3.32. The first-order valence-corrected chi connectivity index (χ1v) is 7.22. The highest BCUT2D eigenvalue weighted by Crippen LogP contribution is 2.24. The highest BCUT2D eigenvalue weighted by molar-refractivity contribution is 9.10. The summed E-state index contributed by atoms with van der Waals surface area (Å²) < 4.78 is 10.7. The summed E-state index contributed by atoms with van der Waals surface area (Å²) in [6.45, 7) is 4.93. The lowest BCUT2D eigenvalue weighted by atomic mass is 10.2. The van der Waals surface area contributed by atoms with E-state index in [0.717, 1.165) is 0 Å². The minimum Gasteiger partial charge on any atom is -0.462 e. The lowest BCUT2D eigenvalue weighted by molar-refractivity contribution is -0.117. The first-order valence-electron chi connectivity index (χ1n) is 6.42. The Balaban J connectivity index is 2.64. The Morgan fingerprint density at radius 1 is 1.25 bits per heavy atom. The molecule has 6 heteroatoms. The lowest BCUT2D eigenvalue weighted by Gasteiger charge is -2.09. The predicted octanol–water partition coefficient (Wildman–Crippen LogP) is 2.99. The third kappa shape index (κ3) is 5.30. The Kier molecular flexibility index (Phi) is 7.25. The smallest absolute Gasteiger partial charge is 0.338 e. The summed E-state index contributed by atoms with van der Waals surface area (Å²) in [6, 6.07) is 4.89. The molecule has 0 aliphatic carbocycles. The van der Waals surface area contributed by atoms with Crippen LogP contribution in [0.5, 0.6) is 0 Å². The van der Waals surface area contributed by atoms with Crippen molar-refractivity contribution >= 4 is 33.5 Å². The Morgan fingerprint density at radius 2 is 2.00 bits per heavy atom. The second kappa shape index (κ2) is 8.71.